The zero-order chi connectivity index (χ0) is 22.7. The van der Waals surface area contributed by atoms with Crippen molar-refractivity contribution in [1.29, 1.82) is 0 Å². The van der Waals surface area contributed by atoms with Crippen LogP contribution in [0.25, 0.3) is 10.9 Å². The van der Waals surface area contributed by atoms with Crippen molar-refractivity contribution < 1.29 is 14.0 Å². The first-order chi connectivity index (χ1) is 15.4. The predicted molar refractivity (Wildman–Crippen MR) is 117 cm³/mol. The van der Waals surface area contributed by atoms with Gasteiger partial charge >= 0.3 is 11.8 Å². The smallest absolute Gasteiger partial charge is 0.314 e. The maximum absolute atomic E-state index is 13.4. The monoisotopic (exact) mass is 453 g/mol. The molecule has 11 heteroatoms. The molecule has 0 bridgehead atoms. The molecule has 9 nitrogen and oxygen atoms in total. The van der Waals surface area contributed by atoms with E-state index >= 15 is 0 Å². The van der Waals surface area contributed by atoms with Crippen LogP contribution in [0.1, 0.15) is 11.3 Å². The van der Waals surface area contributed by atoms with Gasteiger partial charge in [-0.05, 0) is 11.6 Å². The quantitative estimate of drug-likeness (QED) is 0.398. The van der Waals surface area contributed by atoms with Crippen molar-refractivity contribution in [2.45, 2.75) is 13.1 Å². The molecule has 32 heavy (non-hydrogen) atoms. The van der Waals surface area contributed by atoms with Gasteiger partial charge in [0.05, 0.1) is 52.4 Å². The summed E-state index contributed by atoms with van der Waals surface area (Å²) in [5.74, 6) is -2.10. The first-order valence-corrected chi connectivity index (χ1v) is 9.82. The van der Waals surface area contributed by atoms with Crippen molar-refractivity contribution in [3.63, 3.8) is 0 Å². The Morgan fingerprint density at radius 3 is 2.66 bits per heavy atom. The number of carbonyl (C=O) groups excluding carboxylic acids is 2. The molecular weight excluding hydrogens is 437 g/mol. The number of carbonyl (C=O) groups is 2. The fraction of sp³-hybridized carbons (Fsp3) is 0.0952. The number of nitrogens with zero attached hydrogens (tertiary/aromatic N) is 4. The average Bonchev–Trinajstić information content (AvgIpc) is 3.28. The van der Waals surface area contributed by atoms with E-state index in [-0.39, 0.29) is 35.3 Å². The summed E-state index contributed by atoms with van der Waals surface area (Å²) in [7, 11) is 0. The molecule has 0 radical (unpaired) electrons. The third kappa shape index (κ3) is 4.49. The molecule has 3 aromatic heterocycles. The Balaban J connectivity index is 1.60. The minimum absolute atomic E-state index is 0.0539. The molecule has 4 aromatic rings. The maximum Gasteiger partial charge on any atom is 0.314 e. The van der Waals surface area contributed by atoms with Gasteiger partial charge in [-0.1, -0.05) is 41.9 Å². The summed E-state index contributed by atoms with van der Waals surface area (Å²) in [6.07, 6.45) is 3.81. The summed E-state index contributed by atoms with van der Waals surface area (Å²) in [5, 5.41) is 9.72. The molecule has 0 saturated carbocycles. The zero-order valence-electron chi connectivity index (χ0n) is 16.5. The Kier molecular flexibility index (Phi) is 5.95. The lowest BCUT2D eigenvalue weighted by molar-refractivity contribution is -0.144. The van der Waals surface area contributed by atoms with E-state index in [1.807, 2.05) is 30.3 Å². The molecular formula is C21H17ClFN7O2. The fourth-order valence-corrected chi connectivity index (χ4v) is 3.32. The number of nitrogens with two attached hydrogens (primary N) is 1. The van der Waals surface area contributed by atoms with Gasteiger partial charge in [0.25, 0.3) is 0 Å². The van der Waals surface area contributed by atoms with E-state index in [9.17, 15) is 14.0 Å². The standard InChI is InChI=1S/C21H17ClFN7O2/c22-15-6-13(23)7-25-17(15)11-30(10-12-4-2-1-3-5-12)21(32)20(31)28-16-9-26-19(24)14-8-27-29-18(14)16/h1-9H,10-11H2,(H2,24,26)(H,27,29)(H,28,31). The second-order valence-electron chi connectivity index (χ2n) is 6.90. The number of hydrogen-bond acceptors (Lipinski definition) is 6. The van der Waals surface area contributed by atoms with E-state index < -0.39 is 17.6 Å². The van der Waals surface area contributed by atoms with Gasteiger partial charge in [0, 0.05) is 6.54 Å². The van der Waals surface area contributed by atoms with Gasteiger partial charge < -0.3 is 16.0 Å². The number of aromatic nitrogens is 4. The van der Waals surface area contributed by atoms with Crippen LogP contribution in [0, 0.1) is 5.82 Å². The third-order valence-corrected chi connectivity index (χ3v) is 5.02. The molecule has 2 amide bonds. The Morgan fingerprint density at radius 2 is 1.91 bits per heavy atom. The van der Waals surface area contributed by atoms with Crippen LogP contribution in [0.15, 0.2) is 55.0 Å². The van der Waals surface area contributed by atoms with Crippen molar-refractivity contribution in [2.24, 2.45) is 0 Å². The minimum Gasteiger partial charge on any atom is -0.383 e. The summed E-state index contributed by atoms with van der Waals surface area (Å²) < 4.78 is 13.4. The number of pyridine rings is 2. The molecule has 0 aliphatic heterocycles. The molecule has 0 saturated heterocycles. The molecule has 0 aliphatic rings. The first-order valence-electron chi connectivity index (χ1n) is 9.44. The first kappa shape index (κ1) is 21.2. The Hall–Kier alpha value is -4.05. The largest absolute Gasteiger partial charge is 0.383 e. The number of rotatable bonds is 5. The number of aromatic amines is 1. The fourth-order valence-electron chi connectivity index (χ4n) is 3.11. The minimum atomic E-state index is -0.901. The molecule has 162 valence electrons. The van der Waals surface area contributed by atoms with E-state index in [0.717, 1.165) is 17.8 Å². The molecule has 0 spiro atoms. The van der Waals surface area contributed by atoms with Gasteiger partial charge in [-0.25, -0.2) is 9.37 Å². The number of benzene rings is 1. The van der Waals surface area contributed by atoms with Crippen LogP contribution in [-0.4, -0.2) is 36.9 Å². The highest BCUT2D eigenvalue weighted by molar-refractivity contribution is 6.40. The summed E-state index contributed by atoms with van der Waals surface area (Å²) >= 11 is 6.09. The van der Waals surface area contributed by atoms with Gasteiger partial charge in [0.1, 0.15) is 11.6 Å². The lowest BCUT2D eigenvalue weighted by Gasteiger charge is -2.22. The van der Waals surface area contributed by atoms with Crippen LogP contribution in [-0.2, 0) is 22.7 Å². The number of nitrogens with one attached hydrogen (secondary N) is 2. The number of H-pyrrole nitrogens is 1. The molecule has 0 atom stereocenters. The summed E-state index contributed by atoms with van der Waals surface area (Å²) in [6, 6.07) is 10.2. The van der Waals surface area contributed by atoms with Crippen LogP contribution in [0.4, 0.5) is 15.9 Å². The number of hydrogen-bond donors (Lipinski definition) is 3. The second-order valence-corrected chi connectivity index (χ2v) is 7.31. The van der Waals surface area contributed by atoms with Crippen LogP contribution in [0.2, 0.25) is 5.02 Å². The topological polar surface area (TPSA) is 130 Å². The number of amides is 2. The van der Waals surface area contributed by atoms with Gasteiger partial charge in [-0.15, -0.1) is 0 Å². The molecule has 3 heterocycles. The number of fused-ring (bicyclic) bond motifs is 1. The third-order valence-electron chi connectivity index (χ3n) is 4.69. The van der Waals surface area contributed by atoms with E-state index in [0.29, 0.717) is 10.9 Å². The van der Waals surface area contributed by atoms with E-state index in [1.165, 1.54) is 17.3 Å². The maximum atomic E-state index is 13.4. The number of nitrogen functional groups attached to an aromatic ring is 1. The van der Waals surface area contributed by atoms with E-state index in [2.05, 4.69) is 25.5 Å². The number of anilines is 2. The molecule has 4 N–H and O–H groups in total. The molecule has 1 aromatic carbocycles. The molecule has 4 rings (SSSR count). The normalized spacial score (nSPS) is 10.8. The van der Waals surface area contributed by atoms with Crippen molar-refractivity contribution in [2.75, 3.05) is 11.1 Å². The van der Waals surface area contributed by atoms with Crippen LogP contribution in [0.5, 0.6) is 0 Å². The summed E-state index contributed by atoms with van der Waals surface area (Å²) in [5.41, 5.74) is 7.54. The lowest BCUT2D eigenvalue weighted by Crippen LogP contribution is -2.39. The Bertz CT molecular complexity index is 1300. The highest BCUT2D eigenvalue weighted by atomic mass is 35.5. The van der Waals surface area contributed by atoms with E-state index in [4.69, 9.17) is 17.3 Å². The van der Waals surface area contributed by atoms with Crippen molar-refractivity contribution >= 4 is 45.8 Å². The van der Waals surface area contributed by atoms with Crippen LogP contribution in [0.3, 0.4) is 0 Å². The molecule has 0 fully saturated rings. The van der Waals surface area contributed by atoms with Crippen molar-refractivity contribution in [3.8, 4) is 0 Å². The highest BCUT2D eigenvalue weighted by Gasteiger charge is 2.25. The van der Waals surface area contributed by atoms with Gasteiger partial charge in [0.2, 0.25) is 0 Å². The molecule has 0 unspecified atom stereocenters. The van der Waals surface area contributed by atoms with Crippen LogP contribution < -0.4 is 11.1 Å². The lowest BCUT2D eigenvalue weighted by atomic mass is 10.2. The van der Waals surface area contributed by atoms with Gasteiger partial charge in [-0.2, -0.15) is 5.10 Å². The molecule has 0 aliphatic carbocycles. The average molecular weight is 454 g/mol. The Labute approximate surface area is 186 Å². The summed E-state index contributed by atoms with van der Waals surface area (Å²) in [4.78, 5) is 35.1. The SMILES string of the molecule is Nc1ncc(NC(=O)C(=O)N(Cc2ccccc2)Cc2ncc(F)cc2Cl)c2[nH]ncc12. The predicted octanol–water partition coefficient (Wildman–Crippen LogP) is 2.90. The highest BCUT2D eigenvalue weighted by Crippen LogP contribution is 2.24. The number of halogens is 2. The second kappa shape index (κ2) is 8.98. The summed E-state index contributed by atoms with van der Waals surface area (Å²) in [6.45, 7) is 0.0155. The zero-order valence-corrected chi connectivity index (χ0v) is 17.3. The van der Waals surface area contributed by atoms with Crippen molar-refractivity contribution in [1.82, 2.24) is 25.1 Å². The van der Waals surface area contributed by atoms with Gasteiger partial charge in [-0.3, -0.25) is 19.7 Å². The van der Waals surface area contributed by atoms with E-state index in [1.54, 1.807) is 0 Å². The van der Waals surface area contributed by atoms with Gasteiger partial charge in [0.15, 0.2) is 0 Å². The van der Waals surface area contributed by atoms with Crippen molar-refractivity contribution in [3.05, 3.63) is 77.1 Å². The Morgan fingerprint density at radius 1 is 1.12 bits per heavy atom. The van der Waals surface area contributed by atoms with Crippen LogP contribution >= 0.6 is 11.6 Å².